The van der Waals surface area contributed by atoms with E-state index in [4.69, 9.17) is 9.72 Å². The van der Waals surface area contributed by atoms with Crippen LogP contribution in [0.5, 0.6) is 0 Å². The molecule has 4 rings (SSSR count). The molecule has 0 radical (unpaired) electrons. The van der Waals surface area contributed by atoms with Crippen LogP contribution in [0.15, 0.2) is 24.7 Å². The number of carbonyl (C=O) groups excluding carboxylic acids is 1. The van der Waals surface area contributed by atoms with E-state index < -0.39 is 0 Å². The van der Waals surface area contributed by atoms with Crippen LogP contribution in [-0.4, -0.2) is 83.2 Å². The van der Waals surface area contributed by atoms with Crippen LogP contribution in [0.4, 0.5) is 11.8 Å². The smallest absolute Gasteiger partial charge is 0.274 e. The average molecular weight is 369 g/mol. The Morgan fingerprint density at radius 1 is 1.00 bits per heavy atom. The van der Waals surface area contributed by atoms with Crippen molar-refractivity contribution in [3.8, 4) is 0 Å². The number of anilines is 2. The largest absolute Gasteiger partial charge is 0.378 e. The lowest BCUT2D eigenvalue weighted by molar-refractivity contribution is 0.0740. The molecule has 0 aromatic carbocycles. The van der Waals surface area contributed by atoms with E-state index in [0.717, 1.165) is 43.6 Å². The number of nitrogens with zero attached hydrogens (tertiary/aromatic N) is 7. The molecule has 2 aromatic heterocycles. The standard InChI is InChI=1S/C18H23N7O2/c1-14-12-16(22-18(21-14)25-8-10-27-11-9-25)23-4-6-24(7-5-23)17(26)15-13-19-2-3-20-15/h2-3,12-13H,4-11H2,1H3. The van der Waals surface area contributed by atoms with Crippen LogP contribution in [0.1, 0.15) is 16.2 Å². The maximum Gasteiger partial charge on any atom is 0.274 e. The van der Waals surface area contributed by atoms with Gasteiger partial charge in [0.1, 0.15) is 11.5 Å². The molecule has 2 saturated heterocycles. The molecular formula is C18H23N7O2. The van der Waals surface area contributed by atoms with Gasteiger partial charge in [-0.2, -0.15) is 4.98 Å². The summed E-state index contributed by atoms with van der Waals surface area (Å²) in [5.74, 6) is 1.59. The third-order valence-corrected chi connectivity index (χ3v) is 4.80. The minimum absolute atomic E-state index is 0.0735. The van der Waals surface area contributed by atoms with Gasteiger partial charge < -0.3 is 19.4 Å². The van der Waals surface area contributed by atoms with Crippen LogP contribution in [0.3, 0.4) is 0 Å². The molecule has 9 nitrogen and oxygen atoms in total. The molecule has 0 bridgehead atoms. The van der Waals surface area contributed by atoms with Gasteiger partial charge in [0, 0.05) is 63.4 Å². The number of rotatable bonds is 3. The number of aryl methyl sites for hydroxylation is 1. The summed E-state index contributed by atoms with van der Waals surface area (Å²) in [6, 6.07) is 2.00. The summed E-state index contributed by atoms with van der Waals surface area (Å²) in [4.78, 5) is 36.1. The van der Waals surface area contributed by atoms with Gasteiger partial charge in [0.15, 0.2) is 0 Å². The first kappa shape index (κ1) is 17.6. The summed E-state index contributed by atoms with van der Waals surface area (Å²) in [7, 11) is 0. The van der Waals surface area contributed by atoms with Crippen molar-refractivity contribution in [2.45, 2.75) is 6.92 Å². The van der Waals surface area contributed by atoms with Gasteiger partial charge in [0.25, 0.3) is 5.91 Å². The molecule has 0 saturated carbocycles. The van der Waals surface area contributed by atoms with Gasteiger partial charge in [-0.1, -0.05) is 0 Å². The van der Waals surface area contributed by atoms with Crippen LogP contribution in [0.2, 0.25) is 0 Å². The van der Waals surface area contributed by atoms with Crippen molar-refractivity contribution < 1.29 is 9.53 Å². The summed E-state index contributed by atoms with van der Waals surface area (Å²) < 4.78 is 5.41. The number of hydrogen-bond donors (Lipinski definition) is 0. The van der Waals surface area contributed by atoms with Gasteiger partial charge in [-0.3, -0.25) is 9.78 Å². The second-order valence-electron chi connectivity index (χ2n) is 6.64. The molecule has 0 N–H and O–H groups in total. The van der Waals surface area contributed by atoms with Crippen molar-refractivity contribution in [3.05, 3.63) is 36.0 Å². The summed E-state index contributed by atoms with van der Waals surface area (Å²) >= 11 is 0. The Morgan fingerprint density at radius 2 is 1.78 bits per heavy atom. The minimum Gasteiger partial charge on any atom is -0.378 e. The van der Waals surface area contributed by atoms with E-state index >= 15 is 0 Å². The minimum atomic E-state index is -0.0735. The number of amides is 1. The van der Waals surface area contributed by atoms with Crippen LogP contribution < -0.4 is 9.80 Å². The Kier molecular flexibility index (Phi) is 5.10. The zero-order chi connectivity index (χ0) is 18.6. The molecule has 2 aromatic rings. The lowest BCUT2D eigenvalue weighted by Crippen LogP contribution is -2.49. The molecule has 0 unspecified atom stereocenters. The molecule has 2 fully saturated rings. The second-order valence-corrected chi connectivity index (χ2v) is 6.64. The number of piperazine rings is 1. The SMILES string of the molecule is Cc1cc(N2CCN(C(=O)c3cnccn3)CC2)nc(N2CCOCC2)n1. The van der Waals surface area contributed by atoms with E-state index in [-0.39, 0.29) is 5.91 Å². The maximum absolute atomic E-state index is 12.5. The second kappa shape index (κ2) is 7.83. The van der Waals surface area contributed by atoms with Crippen LogP contribution >= 0.6 is 0 Å². The third kappa shape index (κ3) is 3.97. The predicted octanol–water partition coefficient (Wildman–Crippen LogP) is 0.374. The predicted molar refractivity (Wildman–Crippen MR) is 99.9 cm³/mol. The van der Waals surface area contributed by atoms with E-state index in [1.54, 1.807) is 12.4 Å². The lowest BCUT2D eigenvalue weighted by atomic mass is 10.2. The van der Waals surface area contributed by atoms with Crippen LogP contribution in [0, 0.1) is 6.92 Å². The molecule has 2 aliphatic rings. The number of morpholine rings is 1. The van der Waals surface area contributed by atoms with Gasteiger partial charge in [-0.15, -0.1) is 0 Å². The molecule has 1 amide bonds. The van der Waals surface area contributed by atoms with Gasteiger partial charge in [-0.25, -0.2) is 9.97 Å². The first-order valence-corrected chi connectivity index (χ1v) is 9.19. The van der Waals surface area contributed by atoms with Crippen molar-refractivity contribution in [1.29, 1.82) is 0 Å². The highest BCUT2D eigenvalue weighted by Gasteiger charge is 2.25. The molecule has 0 atom stereocenters. The Morgan fingerprint density at radius 3 is 2.48 bits per heavy atom. The van der Waals surface area contributed by atoms with Crippen LogP contribution in [0.25, 0.3) is 0 Å². The molecule has 2 aliphatic heterocycles. The Bertz CT molecular complexity index is 788. The number of ether oxygens (including phenoxy) is 1. The Labute approximate surface area is 158 Å². The van der Waals surface area contributed by atoms with Crippen molar-refractivity contribution in [3.63, 3.8) is 0 Å². The third-order valence-electron chi connectivity index (χ3n) is 4.80. The quantitative estimate of drug-likeness (QED) is 0.767. The summed E-state index contributed by atoms with van der Waals surface area (Å²) in [6.45, 7) is 7.73. The first-order chi connectivity index (χ1) is 13.2. The maximum atomic E-state index is 12.5. The molecule has 27 heavy (non-hydrogen) atoms. The highest BCUT2D eigenvalue weighted by molar-refractivity contribution is 5.92. The summed E-state index contributed by atoms with van der Waals surface area (Å²) in [6.07, 6.45) is 4.62. The van der Waals surface area contributed by atoms with Crippen LogP contribution in [-0.2, 0) is 4.74 Å². The van der Waals surface area contributed by atoms with E-state index in [1.807, 2.05) is 17.9 Å². The fourth-order valence-electron chi connectivity index (χ4n) is 3.31. The van der Waals surface area contributed by atoms with Crippen molar-refractivity contribution in [2.24, 2.45) is 0 Å². The Balaban J connectivity index is 1.43. The zero-order valence-corrected chi connectivity index (χ0v) is 15.4. The van der Waals surface area contributed by atoms with E-state index in [1.165, 1.54) is 6.20 Å². The van der Waals surface area contributed by atoms with Crippen molar-refractivity contribution >= 4 is 17.7 Å². The normalized spacial score (nSPS) is 17.9. The molecule has 0 aliphatic carbocycles. The highest BCUT2D eigenvalue weighted by Crippen LogP contribution is 2.20. The fourth-order valence-corrected chi connectivity index (χ4v) is 3.31. The van der Waals surface area contributed by atoms with Gasteiger partial charge in [0.05, 0.1) is 19.4 Å². The van der Waals surface area contributed by atoms with Gasteiger partial charge in [0.2, 0.25) is 5.95 Å². The van der Waals surface area contributed by atoms with Crippen molar-refractivity contribution in [2.75, 3.05) is 62.3 Å². The van der Waals surface area contributed by atoms with E-state index in [9.17, 15) is 4.79 Å². The van der Waals surface area contributed by atoms with Gasteiger partial charge in [-0.05, 0) is 6.92 Å². The molecule has 142 valence electrons. The molecule has 9 heteroatoms. The lowest BCUT2D eigenvalue weighted by Gasteiger charge is -2.36. The summed E-state index contributed by atoms with van der Waals surface area (Å²) in [5, 5.41) is 0. The number of carbonyl (C=O) groups is 1. The molecule has 4 heterocycles. The van der Waals surface area contributed by atoms with Crippen molar-refractivity contribution in [1.82, 2.24) is 24.8 Å². The van der Waals surface area contributed by atoms with E-state index in [0.29, 0.717) is 32.0 Å². The monoisotopic (exact) mass is 369 g/mol. The Hall–Kier alpha value is -2.81. The number of aromatic nitrogens is 4. The van der Waals surface area contributed by atoms with E-state index in [2.05, 4.69) is 24.8 Å². The molecular weight excluding hydrogens is 346 g/mol. The highest BCUT2D eigenvalue weighted by atomic mass is 16.5. The first-order valence-electron chi connectivity index (χ1n) is 9.19. The summed E-state index contributed by atoms with van der Waals surface area (Å²) in [5.41, 5.74) is 1.33. The topological polar surface area (TPSA) is 87.6 Å². The van der Waals surface area contributed by atoms with Gasteiger partial charge >= 0.3 is 0 Å². The molecule has 0 spiro atoms. The fraction of sp³-hybridized carbons (Fsp3) is 0.500. The number of hydrogen-bond acceptors (Lipinski definition) is 8. The zero-order valence-electron chi connectivity index (χ0n) is 15.4. The average Bonchev–Trinajstić information content (AvgIpc) is 2.74.